The molecule has 1 rings (SSSR count). The van der Waals surface area contributed by atoms with Crippen LogP contribution in [0.3, 0.4) is 0 Å². The number of thioether (sulfide) groups is 1. The van der Waals surface area contributed by atoms with Crippen molar-refractivity contribution in [1.29, 1.82) is 0 Å². The predicted octanol–water partition coefficient (Wildman–Crippen LogP) is 3.25. The molecule has 0 aromatic carbocycles. The van der Waals surface area contributed by atoms with Crippen molar-refractivity contribution in [2.75, 3.05) is 12.4 Å². The van der Waals surface area contributed by atoms with Crippen LogP contribution in [0, 0.1) is 5.92 Å². The highest BCUT2D eigenvalue weighted by Crippen LogP contribution is 2.22. The summed E-state index contributed by atoms with van der Waals surface area (Å²) in [5.41, 5.74) is 0.983. The van der Waals surface area contributed by atoms with E-state index in [0.717, 1.165) is 17.1 Å². The highest BCUT2D eigenvalue weighted by molar-refractivity contribution is 7.98. The topological polar surface area (TPSA) is 33.1 Å². The molecule has 15 heavy (non-hydrogen) atoms. The molecule has 0 fully saturated rings. The molecule has 0 spiro atoms. The van der Waals surface area contributed by atoms with Crippen LogP contribution in [0.15, 0.2) is 12.1 Å². The monoisotopic (exact) mass is 265 g/mol. The van der Waals surface area contributed by atoms with Crippen LogP contribution < -0.4 is 0 Å². The quantitative estimate of drug-likeness (QED) is 0.830. The van der Waals surface area contributed by atoms with Crippen molar-refractivity contribution in [2.45, 2.75) is 12.7 Å². The van der Waals surface area contributed by atoms with E-state index in [0.29, 0.717) is 16.2 Å². The number of nitrogens with zero attached hydrogens (tertiary/aromatic N) is 1. The summed E-state index contributed by atoms with van der Waals surface area (Å²) in [6.45, 7) is 2.23. The van der Waals surface area contributed by atoms with Gasteiger partial charge in [-0.2, -0.15) is 11.8 Å². The van der Waals surface area contributed by atoms with Crippen molar-refractivity contribution in [1.82, 2.24) is 4.98 Å². The molecular formula is C10H13Cl2NOS. The number of aliphatic hydroxyl groups excluding tert-OH is 1. The summed E-state index contributed by atoms with van der Waals surface area (Å²) in [5.74, 6) is 2.03. The first-order valence-corrected chi connectivity index (χ1v) is 6.54. The molecule has 1 unspecified atom stereocenters. The van der Waals surface area contributed by atoms with E-state index in [1.165, 1.54) is 0 Å². The lowest BCUT2D eigenvalue weighted by Crippen LogP contribution is -2.03. The maximum atomic E-state index is 8.85. The summed E-state index contributed by atoms with van der Waals surface area (Å²) in [5, 5.41) is 9.73. The first-order chi connectivity index (χ1) is 7.13. The van der Waals surface area contributed by atoms with E-state index in [4.69, 9.17) is 28.3 Å². The van der Waals surface area contributed by atoms with Crippen LogP contribution in [0.1, 0.15) is 12.5 Å². The molecule has 0 amide bonds. The van der Waals surface area contributed by atoms with E-state index in [-0.39, 0.29) is 6.61 Å². The number of pyridine rings is 1. The number of hydrogen-bond acceptors (Lipinski definition) is 3. The molecule has 84 valence electrons. The first kappa shape index (κ1) is 13.1. The zero-order valence-electron chi connectivity index (χ0n) is 8.41. The summed E-state index contributed by atoms with van der Waals surface area (Å²) in [6, 6.07) is 3.62. The van der Waals surface area contributed by atoms with Gasteiger partial charge in [0.2, 0.25) is 0 Å². The Morgan fingerprint density at radius 1 is 1.47 bits per heavy atom. The van der Waals surface area contributed by atoms with Gasteiger partial charge in [-0.1, -0.05) is 36.2 Å². The maximum absolute atomic E-state index is 8.85. The number of halogens is 2. The third-order valence-electron chi connectivity index (χ3n) is 1.86. The van der Waals surface area contributed by atoms with E-state index in [2.05, 4.69) is 4.98 Å². The lowest BCUT2D eigenvalue weighted by atomic mass is 10.2. The Bertz CT molecular complexity index is 322. The van der Waals surface area contributed by atoms with Crippen LogP contribution in [0.2, 0.25) is 10.3 Å². The second-order valence-corrected chi connectivity index (χ2v) is 5.16. The van der Waals surface area contributed by atoms with Crippen molar-refractivity contribution in [3.8, 4) is 0 Å². The minimum Gasteiger partial charge on any atom is -0.396 e. The second-order valence-electron chi connectivity index (χ2n) is 3.39. The molecule has 1 atom stereocenters. The summed E-state index contributed by atoms with van der Waals surface area (Å²) in [7, 11) is 0. The van der Waals surface area contributed by atoms with Crippen LogP contribution in [-0.4, -0.2) is 22.5 Å². The summed E-state index contributed by atoms with van der Waals surface area (Å²) < 4.78 is 0. The summed E-state index contributed by atoms with van der Waals surface area (Å²) >= 11 is 13.3. The Balaban J connectivity index is 2.44. The first-order valence-electron chi connectivity index (χ1n) is 4.63. The van der Waals surface area contributed by atoms with Crippen molar-refractivity contribution in [3.63, 3.8) is 0 Å². The van der Waals surface area contributed by atoms with Gasteiger partial charge in [-0.25, -0.2) is 4.98 Å². The Hall–Kier alpha value is 0.0400. The molecule has 2 nitrogen and oxygen atoms in total. The van der Waals surface area contributed by atoms with Crippen molar-refractivity contribution >= 4 is 35.0 Å². The number of rotatable bonds is 5. The van der Waals surface area contributed by atoms with Crippen LogP contribution in [-0.2, 0) is 5.75 Å². The van der Waals surface area contributed by atoms with E-state index in [1.54, 1.807) is 17.8 Å². The van der Waals surface area contributed by atoms with Gasteiger partial charge in [0.05, 0.1) is 0 Å². The largest absolute Gasteiger partial charge is 0.396 e. The third kappa shape index (κ3) is 4.60. The van der Waals surface area contributed by atoms with Crippen LogP contribution in [0.25, 0.3) is 0 Å². The molecule has 1 aromatic heterocycles. The maximum Gasteiger partial charge on any atom is 0.134 e. The molecule has 0 radical (unpaired) electrons. The van der Waals surface area contributed by atoms with Gasteiger partial charge in [0, 0.05) is 12.4 Å². The Kier molecular flexibility index (Phi) is 5.75. The molecule has 1 aromatic rings. The highest BCUT2D eigenvalue weighted by atomic mass is 35.5. The Morgan fingerprint density at radius 2 is 2.20 bits per heavy atom. The molecule has 1 N–H and O–H groups in total. The fourth-order valence-corrected chi connectivity index (χ4v) is 2.54. The normalized spacial score (nSPS) is 12.8. The molecular weight excluding hydrogens is 253 g/mol. The van der Waals surface area contributed by atoms with E-state index >= 15 is 0 Å². The average Bonchev–Trinajstić information content (AvgIpc) is 2.21. The molecule has 0 saturated heterocycles. The highest BCUT2D eigenvalue weighted by Gasteiger charge is 2.04. The SMILES string of the molecule is CC(CO)CSCc1ccc(Cl)nc1Cl. The van der Waals surface area contributed by atoms with E-state index < -0.39 is 0 Å². The fraction of sp³-hybridized carbons (Fsp3) is 0.500. The molecule has 0 saturated carbocycles. The van der Waals surface area contributed by atoms with Crippen LogP contribution >= 0.6 is 35.0 Å². The van der Waals surface area contributed by atoms with Gasteiger partial charge in [-0.3, -0.25) is 0 Å². The molecule has 0 aliphatic carbocycles. The smallest absolute Gasteiger partial charge is 0.134 e. The average molecular weight is 266 g/mol. The van der Waals surface area contributed by atoms with Gasteiger partial charge < -0.3 is 5.11 Å². The number of hydrogen-bond donors (Lipinski definition) is 1. The minimum absolute atomic E-state index is 0.222. The minimum atomic E-state index is 0.222. The van der Waals surface area contributed by atoms with Gasteiger partial charge in [-0.05, 0) is 23.3 Å². The van der Waals surface area contributed by atoms with Crippen LogP contribution in [0.4, 0.5) is 0 Å². The van der Waals surface area contributed by atoms with Gasteiger partial charge in [-0.15, -0.1) is 0 Å². The standard InChI is InChI=1S/C10H13Cl2NOS/c1-7(4-14)5-15-6-8-2-3-9(11)13-10(8)12/h2-3,7,14H,4-6H2,1H3. The van der Waals surface area contributed by atoms with Crippen molar-refractivity contribution in [3.05, 3.63) is 28.0 Å². The van der Waals surface area contributed by atoms with Gasteiger partial charge >= 0.3 is 0 Å². The zero-order valence-corrected chi connectivity index (χ0v) is 10.7. The lowest BCUT2D eigenvalue weighted by Gasteiger charge is -2.07. The Morgan fingerprint density at radius 3 is 2.80 bits per heavy atom. The van der Waals surface area contributed by atoms with Crippen molar-refractivity contribution < 1.29 is 5.11 Å². The second kappa shape index (κ2) is 6.59. The molecule has 0 aliphatic rings. The number of aliphatic hydroxyl groups is 1. The van der Waals surface area contributed by atoms with Gasteiger partial charge in [0.1, 0.15) is 10.3 Å². The molecule has 0 bridgehead atoms. The van der Waals surface area contributed by atoms with E-state index in [9.17, 15) is 0 Å². The number of aromatic nitrogens is 1. The molecule has 1 heterocycles. The molecule has 0 aliphatic heterocycles. The molecule has 5 heteroatoms. The third-order valence-corrected chi connectivity index (χ3v) is 3.72. The zero-order chi connectivity index (χ0) is 11.3. The summed E-state index contributed by atoms with van der Waals surface area (Å²) in [4.78, 5) is 3.96. The summed E-state index contributed by atoms with van der Waals surface area (Å²) in [6.07, 6.45) is 0. The van der Waals surface area contributed by atoms with Crippen LogP contribution in [0.5, 0.6) is 0 Å². The van der Waals surface area contributed by atoms with E-state index in [1.807, 2.05) is 13.0 Å². The predicted molar refractivity (Wildman–Crippen MR) is 66.7 cm³/mol. The van der Waals surface area contributed by atoms with Gasteiger partial charge in [0.15, 0.2) is 0 Å². The Labute approximate surface area is 104 Å². The van der Waals surface area contributed by atoms with Gasteiger partial charge in [0.25, 0.3) is 0 Å². The lowest BCUT2D eigenvalue weighted by molar-refractivity contribution is 0.250. The fourth-order valence-electron chi connectivity index (χ4n) is 0.971. The van der Waals surface area contributed by atoms with Crippen molar-refractivity contribution in [2.24, 2.45) is 5.92 Å².